The van der Waals surface area contributed by atoms with E-state index in [1.807, 2.05) is 6.08 Å². The van der Waals surface area contributed by atoms with Gasteiger partial charge in [0.1, 0.15) is 0 Å². The summed E-state index contributed by atoms with van der Waals surface area (Å²) in [5.74, 6) is 1.99. The molecule has 4 aliphatic rings. The Hall–Kier alpha value is -1.65. The average Bonchev–Trinajstić information content (AvgIpc) is 3.07. The Balaban J connectivity index is 1.64. The fourth-order valence-corrected chi connectivity index (χ4v) is 8.28. The van der Waals surface area contributed by atoms with Crippen LogP contribution in [0.5, 0.6) is 0 Å². The van der Waals surface area contributed by atoms with Crippen LogP contribution in [-0.4, -0.2) is 29.9 Å². The Morgan fingerprint density at radius 2 is 1.87 bits per heavy atom. The van der Waals surface area contributed by atoms with E-state index in [0.29, 0.717) is 42.4 Å². The number of allylic oxidation sites excluding steroid dienone is 1. The maximum absolute atomic E-state index is 12.2. The Bertz CT molecular complexity index is 785. The molecule has 0 aromatic rings. The molecule has 31 heavy (non-hydrogen) atoms. The third-order valence-electron chi connectivity index (χ3n) is 9.99. The van der Waals surface area contributed by atoms with Crippen molar-refractivity contribution in [1.82, 2.24) is 0 Å². The van der Waals surface area contributed by atoms with Crippen molar-refractivity contribution >= 4 is 17.7 Å². The van der Waals surface area contributed by atoms with Gasteiger partial charge in [0.2, 0.25) is 0 Å². The second-order valence-electron chi connectivity index (χ2n) is 11.2. The van der Waals surface area contributed by atoms with Crippen LogP contribution in [0.4, 0.5) is 0 Å². The molecule has 1 N–H and O–H groups in total. The second kappa shape index (κ2) is 8.37. The quantitative estimate of drug-likeness (QED) is 0.587. The summed E-state index contributed by atoms with van der Waals surface area (Å²) in [6.07, 6.45) is 11.4. The van der Waals surface area contributed by atoms with Crippen LogP contribution in [0.3, 0.4) is 0 Å². The maximum atomic E-state index is 12.2. The normalized spacial score (nSPS) is 41.6. The lowest BCUT2D eigenvalue weighted by molar-refractivity contribution is -0.142. The molecule has 3 saturated carbocycles. The Labute approximate surface area is 186 Å². The molecule has 0 aromatic carbocycles. The summed E-state index contributed by atoms with van der Waals surface area (Å²) in [5.41, 5.74) is 1.62. The third-order valence-corrected chi connectivity index (χ3v) is 9.99. The molecule has 0 saturated heterocycles. The van der Waals surface area contributed by atoms with Gasteiger partial charge in [0.15, 0.2) is 5.78 Å². The molecule has 5 nitrogen and oxygen atoms in total. The van der Waals surface area contributed by atoms with Gasteiger partial charge in [-0.15, -0.1) is 0 Å². The number of fused-ring (bicyclic) bond motifs is 5. The SMILES string of the molecule is COC(=O)CC[C@@H]1CC2=CC(=O)CC[C@]2(C)[C@H]2CC[C@]3(C)[C@H](CCC(=O)O)CC[C@H]3[C@H]12. The maximum Gasteiger partial charge on any atom is 0.305 e. The number of hydrogen-bond acceptors (Lipinski definition) is 4. The van der Waals surface area contributed by atoms with Crippen LogP contribution in [0.25, 0.3) is 0 Å². The van der Waals surface area contributed by atoms with E-state index in [9.17, 15) is 19.5 Å². The Morgan fingerprint density at radius 1 is 1.10 bits per heavy atom. The highest BCUT2D eigenvalue weighted by Gasteiger charge is 2.60. The number of esters is 1. The zero-order valence-electron chi connectivity index (χ0n) is 19.3. The Kier molecular flexibility index (Phi) is 6.08. The third kappa shape index (κ3) is 3.87. The van der Waals surface area contributed by atoms with E-state index in [0.717, 1.165) is 44.9 Å². The lowest BCUT2D eigenvalue weighted by Gasteiger charge is -2.60. The number of ether oxygens (including phenoxy) is 1. The molecule has 3 fully saturated rings. The van der Waals surface area contributed by atoms with Gasteiger partial charge < -0.3 is 9.84 Å². The zero-order chi connectivity index (χ0) is 22.4. The molecular weight excluding hydrogens is 392 g/mol. The molecule has 172 valence electrons. The van der Waals surface area contributed by atoms with Gasteiger partial charge in [0.05, 0.1) is 7.11 Å². The molecule has 7 atom stereocenters. The number of carbonyl (C=O) groups excluding carboxylic acids is 2. The predicted octanol–water partition coefficient (Wildman–Crippen LogP) is 5.18. The smallest absolute Gasteiger partial charge is 0.305 e. The minimum absolute atomic E-state index is 0.0980. The topological polar surface area (TPSA) is 80.7 Å². The Morgan fingerprint density at radius 3 is 2.58 bits per heavy atom. The molecule has 0 aromatic heterocycles. The molecule has 0 spiro atoms. The van der Waals surface area contributed by atoms with Crippen molar-refractivity contribution in [3.05, 3.63) is 11.6 Å². The van der Waals surface area contributed by atoms with Crippen LogP contribution in [0.15, 0.2) is 11.6 Å². The summed E-state index contributed by atoms with van der Waals surface area (Å²) in [6.45, 7) is 4.81. The summed E-state index contributed by atoms with van der Waals surface area (Å²) in [6, 6.07) is 0. The first-order valence-electron chi connectivity index (χ1n) is 12.2. The fourth-order valence-electron chi connectivity index (χ4n) is 8.28. The largest absolute Gasteiger partial charge is 0.481 e. The number of carboxylic acids is 1. The molecule has 0 aliphatic heterocycles. The highest BCUT2D eigenvalue weighted by atomic mass is 16.5. The second-order valence-corrected chi connectivity index (χ2v) is 11.2. The van der Waals surface area contributed by atoms with Crippen molar-refractivity contribution in [2.24, 2.45) is 40.4 Å². The summed E-state index contributed by atoms with van der Waals surface area (Å²) in [4.78, 5) is 35.4. The summed E-state index contributed by atoms with van der Waals surface area (Å²) in [7, 11) is 1.45. The summed E-state index contributed by atoms with van der Waals surface area (Å²) in [5, 5.41) is 9.24. The van der Waals surface area contributed by atoms with Crippen LogP contribution < -0.4 is 0 Å². The van der Waals surface area contributed by atoms with E-state index < -0.39 is 5.97 Å². The number of methoxy groups -OCH3 is 1. The summed E-state index contributed by atoms with van der Waals surface area (Å²) < 4.78 is 4.94. The van der Waals surface area contributed by atoms with Crippen molar-refractivity contribution in [1.29, 1.82) is 0 Å². The van der Waals surface area contributed by atoms with Crippen molar-refractivity contribution < 1.29 is 24.2 Å². The fraction of sp³-hybridized carbons (Fsp3) is 0.808. The first-order chi connectivity index (χ1) is 14.7. The number of carbonyl (C=O) groups is 3. The van der Waals surface area contributed by atoms with Gasteiger partial charge in [-0.2, -0.15) is 0 Å². The zero-order valence-corrected chi connectivity index (χ0v) is 19.3. The van der Waals surface area contributed by atoms with E-state index in [1.165, 1.54) is 19.1 Å². The van der Waals surface area contributed by atoms with Gasteiger partial charge in [0.25, 0.3) is 0 Å². The monoisotopic (exact) mass is 430 g/mol. The number of rotatable bonds is 6. The minimum atomic E-state index is -0.691. The van der Waals surface area contributed by atoms with E-state index in [2.05, 4.69) is 13.8 Å². The number of hydrogen-bond donors (Lipinski definition) is 1. The van der Waals surface area contributed by atoms with Gasteiger partial charge in [-0.05, 0) is 97.9 Å². The van der Waals surface area contributed by atoms with Crippen LogP contribution in [0, 0.1) is 40.4 Å². The van der Waals surface area contributed by atoms with E-state index in [1.54, 1.807) is 0 Å². The first-order valence-corrected chi connectivity index (χ1v) is 12.2. The molecular formula is C26H38O5. The molecule has 0 unspecified atom stereocenters. The molecule has 0 heterocycles. The van der Waals surface area contributed by atoms with Gasteiger partial charge in [-0.25, -0.2) is 0 Å². The van der Waals surface area contributed by atoms with Crippen molar-refractivity contribution in [2.45, 2.75) is 84.5 Å². The predicted molar refractivity (Wildman–Crippen MR) is 117 cm³/mol. The van der Waals surface area contributed by atoms with E-state index in [4.69, 9.17) is 4.74 Å². The number of carboxylic acid groups (broad SMARTS) is 1. The number of aliphatic carboxylic acids is 1. The molecule has 0 radical (unpaired) electrons. The first kappa shape index (κ1) is 22.5. The van der Waals surface area contributed by atoms with Gasteiger partial charge in [-0.1, -0.05) is 19.4 Å². The van der Waals surface area contributed by atoms with Crippen LogP contribution >= 0.6 is 0 Å². The minimum Gasteiger partial charge on any atom is -0.481 e. The van der Waals surface area contributed by atoms with E-state index in [-0.39, 0.29) is 29.0 Å². The van der Waals surface area contributed by atoms with Crippen molar-refractivity contribution in [2.75, 3.05) is 7.11 Å². The molecule has 4 rings (SSSR count). The lowest BCUT2D eigenvalue weighted by Crippen LogP contribution is -2.53. The highest BCUT2D eigenvalue weighted by molar-refractivity contribution is 5.91. The van der Waals surface area contributed by atoms with Crippen molar-refractivity contribution in [3.63, 3.8) is 0 Å². The van der Waals surface area contributed by atoms with Gasteiger partial charge in [0, 0.05) is 19.3 Å². The molecule has 4 aliphatic carbocycles. The lowest BCUT2D eigenvalue weighted by atomic mass is 9.44. The molecule has 0 amide bonds. The standard InChI is InChI=1S/C26H38O5/c1-25-13-11-21-24(20(25)7-5-17(25)6-8-22(28)29)16(4-9-23(30)31-3)14-18-15-19(27)10-12-26(18,21)2/h15-17,20-21,24H,4-14H2,1-3H3,(H,28,29)/t16-,17+,20+,21+,24+,25-,26+/m1/s1. The van der Waals surface area contributed by atoms with Crippen molar-refractivity contribution in [3.8, 4) is 0 Å². The molecule has 0 bridgehead atoms. The number of ketones is 1. The average molecular weight is 431 g/mol. The highest BCUT2D eigenvalue weighted by Crippen LogP contribution is 2.68. The van der Waals surface area contributed by atoms with Gasteiger partial charge in [-0.3, -0.25) is 14.4 Å². The van der Waals surface area contributed by atoms with Crippen LogP contribution in [-0.2, 0) is 19.1 Å². The van der Waals surface area contributed by atoms with Crippen LogP contribution in [0.2, 0.25) is 0 Å². The van der Waals surface area contributed by atoms with Gasteiger partial charge >= 0.3 is 11.9 Å². The molecule has 5 heteroatoms. The van der Waals surface area contributed by atoms with E-state index >= 15 is 0 Å². The van der Waals surface area contributed by atoms with Crippen LogP contribution in [0.1, 0.15) is 84.5 Å². The summed E-state index contributed by atoms with van der Waals surface area (Å²) >= 11 is 0.